The van der Waals surface area contributed by atoms with E-state index in [0.717, 1.165) is 19.5 Å². The van der Waals surface area contributed by atoms with Gasteiger partial charge in [0.2, 0.25) is 0 Å². The number of nitrogens with two attached hydrogens (primary N) is 1. The highest BCUT2D eigenvalue weighted by Crippen LogP contribution is 2.31. The summed E-state index contributed by atoms with van der Waals surface area (Å²) in [4.78, 5) is 8.78. The Morgan fingerprint density at radius 2 is 2.16 bits per heavy atom. The van der Waals surface area contributed by atoms with Crippen molar-refractivity contribution in [2.75, 3.05) is 25.0 Å². The summed E-state index contributed by atoms with van der Waals surface area (Å²) in [5, 5.41) is 0. The number of pyridine rings is 1. The van der Waals surface area contributed by atoms with E-state index in [-0.39, 0.29) is 12.4 Å². The van der Waals surface area contributed by atoms with Gasteiger partial charge in [-0.1, -0.05) is 0 Å². The average molecular weight is 264 g/mol. The maximum absolute atomic E-state index is 14.3. The van der Waals surface area contributed by atoms with E-state index in [9.17, 15) is 4.39 Å². The summed E-state index contributed by atoms with van der Waals surface area (Å²) < 4.78 is 14.3. The van der Waals surface area contributed by atoms with Gasteiger partial charge < -0.3 is 10.6 Å². The van der Waals surface area contributed by atoms with E-state index in [4.69, 9.17) is 5.73 Å². The summed E-state index contributed by atoms with van der Waals surface area (Å²) in [6.45, 7) is 1.97. The molecule has 1 aromatic rings. The monoisotopic (exact) mass is 264 g/mol. The van der Waals surface area contributed by atoms with Crippen LogP contribution in [0.25, 0.3) is 0 Å². The molecular formula is C14H21FN4. The highest BCUT2D eigenvalue weighted by atomic mass is 19.1. The Bertz CT molecular complexity index is 465. The minimum absolute atomic E-state index is 0.223. The van der Waals surface area contributed by atoms with E-state index in [0.29, 0.717) is 23.5 Å². The Morgan fingerprint density at radius 1 is 1.37 bits per heavy atom. The number of hydrogen-bond acceptors (Lipinski definition) is 4. The summed E-state index contributed by atoms with van der Waals surface area (Å²) in [5.41, 5.74) is 6.12. The lowest BCUT2D eigenvalue weighted by Gasteiger charge is -2.27. The summed E-state index contributed by atoms with van der Waals surface area (Å²) in [7, 11) is 2.19. The van der Waals surface area contributed by atoms with Crippen molar-refractivity contribution in [2.24, 2.45) is 5.73 Å². The molecule has 0 aromatic carbocycles. The van der Waals surface area contributed by atoms with E-state index in [1.165, 1.54) is 12.8 Å². The Morgan fingerprint density at radius 3 is 2.95 bits per heavy atom. The lowest BCUT2D eigenvalue weighted by Crippen LogP contribution is -2.37. The third-order valence-corrected chi connectivity index (χ3v) is 4.62. The molecule has 0 aliphatic carbocycles. The van der Waals surface area contributed by atoms with Gasteiger partial charge in [0.05, 0.1) is 0 Å². The molecule has 0 radical (unpaired) electrons. The van der Waals surface area contributed by atoms with Crippen LogP contribution >= 0.6 is 0 Å². The van der Waals surface area contributed by atoms with E-state index in [1.807, 2.05) is 0 Å². The predicted molar refractivity (Wildman–Crippen MR) is 73.5 cm³/mol. The number of nitrogens with zero attached hydrogens (tertiary/aromatic N) is 3. The fourth-order valence-electron chi connectivity index (χ4n) is 3.35. The van der Waals surface area contributed by atoms with Gasteiger partial charge in [-0.2, -0.15) is 0 Å². The molecule has 19 heavy (non-hydrogen) atoms. The van der Waals surface area contributed by atoms with Crippen LogP contribution in [0, 0.1) is 5.82 Å². The van der Waals surface area contributed by atoms with Crippen LogP contribution in [0.3, 0.4) is 0 Å². The SMILES string of the molecule is CN1C2CCC1CN(c1nccc(CN)c1F)CC2. The molecule has 0 amide bonds. The van der Waals surface area contributed by atoms with Gasteiger partial charge in [0.1, 0.15) is 0 Å². The number of halogens is 1. The van der Waals surface area contributed by atoms with Crippen molar-refractivity contribution in [3.05, 3.63) is 23.6 Å². The minimum Gasteiger partial charge on any atom is -0.353 e. The van der Waals surface area contributed by atoms with Gasteiger partial charge in [-0.15, -0.1) is 0 Å². The van der Waals surface area contributed by atoms with Crippen LogP contribution in [-0.2, 0) is 6.54 Å². The number of rotatable bonds is 2. The Kier molecular flexibility index (Phi) is 3.41. The van der Waals surface area contributed by atoms with Gasteiger partial charge in [0.25, 0.3) is 0 Å². The smallest absolute Gasteiger partial charge is 0.170 e. The predicted octanol–water partition coefficient (Wildman–Crippen LogP) is 1.35. The van der Waals surface area contributed by atoms with Gasteiger partial charge in [-0.3, -0.25) is 4.90 Å². The zero-order valence-electron chi connectivity index (χ0n) is 11.3. The van der Waals surface area contributed by atoms with Gasteiger partial charge in [-0.25, -0.2) is 9.37 Å². The third-order valence-electron chi connectivity index (χ3n) is 4.62. The van der Waals surface area contributed by atoms with E-state index in [1.54, 1.807) is 12.3 Å². The molecule has 5 heteroatoms. The number of hydrogen-bond donors (Lipinski definition) is 1. The molecule has 0 spiro atoms. The fraction of sp³-hybridized carbons (Fsp3) is 0.643. The second kappa shape index (κ2) is 5.06. The molecule has 104 valence electrons. The summed E-state index contributed by atoms with van der Waals surface area (Å²) >= 11 is 0. The zero-order chi connectivity index (χ0) is 13.4. The van der Waals surface area contributed by atoms with Crippen molar-refractivity contribution in [3.8, 4) is 0 Å². The lowest BCUT2D eigenvalue weighted by atomic mass is 10.1. The molecule has 2 fully saturated rings. The van der Waals surface area contributed by atoms with Crippen molar-refractivity contribution in [1.29, 1.82) is 0 Å². The normalized spacial score (nSPS) is 27.6. The van der Waals surface area contributed by atoms with Gasteiger partial charge in [0, 0.05) is 43.5 Å². The first kappa shape index (κ1) is 12.8. The second-order valence-electron chi connectivity index (χ2n) is 5.60. The molecule has 3 rings (SSSR count). The maximum Gasteiger partial charge on any atom is 0.170 e. The Labute approximate surface area is 113 Å². The minimum atomic E-state index is -0.245. The van der Waals surface area contributed by atoms with Gasteiger partial charge >= 0.3 is 0 Å². The molecule has 2 aliphatic heterocycles. The Hall–Kier alpha value is -1.20. The molecule has 2 bridgehead atoms. The highest BCUT2D eigenvalue weighted by molar-refractivity contribution is 5.43. The first-order valence-corrected chi connectivity index (χ1v) is 7.01. The van der Waals surface area contributed by atoms with Gasteiger partial charge in [-0.05, 0) is 32.4 Å². The fourth-order valence-corrected chi connectivity index (χ4v) is 3.35. The number of aromatic nitrogens is 1. The first-order chi connectivity index (χ1) is 9.20. The van der Waals surface area contributed by atoms with Crippen molar-refractivity contribution in [2.45, 2.75) is 37.9 Å². The first-order valence-electron chi connectivity index (χ1n) is 7.01. The van der Waals surface area contributed by atoms with Crippen molar-refractivity contribution >= 4 is 5.82 Å². The number of likely N-dealkylation sites (N-methyl/N-ethyl adjacent to an activating group) is 1. The van der Waals surface area contributed by atoms with Crippen LogP contribution in [-0.4, -0.2) is 42.1 Å². The molecular weight excluding hydrogens is 243 g/mol. The molecule has 1 aromatic heterocycles. The van der Waals surface area contributed by atoms with Crippen LogP contribution in [0.2, 0.25) is 0 Å². The zero-order valence-corrected chi connectivity index (χ0v) is 11.3. The average Bonchev–Trinajstić information content (AvgIpc) is 2.64. The highest BCUT2D eigenvalue weighted by Gasteiger charge is 2.35. The molecule has 2 saturated heterocycles. The van der Waals surface area contributed by atoms with Crippen molar-refractivity contribution < 1.29 is 4.39 Å². The van der Waals surface area contributed by atoms with Crippen molar-refractivity contribution in [3.63, 3.8) is 0 Å². The van der Waals surface area contributed by atoms with E-state index >= 15 is 0 Å². The molecule has 4 nitrogen and oxygen atoms in total. The van der Waals surface area contributed by atoms with Gasteiger partial charge in [0.15, 0.2) is 11.6 Å². The maximum atomic E-state index is 14.3. The summed E-state index contributed by atoms with van der Waals surface area (Å²) in [6, 6.07) is 2.83. The molecule has 2 atom stereocenters. The summed E-state index contributed by atoms with van der Waals surface area (Å²) in [6.07, 6.45) is 5.22. The largest absolute Gasteiger partial charge is 0.353 e. The summed E-state index contributed by atoms with van der Waals surface area (Å²) in [5.74, 6) is 0.231. The van der Waals surface area contributed by atoms with E-state index in [2.05, 4.69) is 21.8 Å². The van der Waals surface area contributed by atoms with Crippen molar-refractivity contribution in [1.82, 2.24) is 9.88 Å². The lowest BCUT2D eigenvalue weighted by molar-refractivity contribution is 0.254. The van der Waals surface area contributed by atoms with Crippen LogP contribution in [0.15, 0.2) is 12.3 Å². The topological polar surface area (TPSA) is 45.4 Å². The second-order valence-corrected chi connectivity index (χ2v) is 5.60. The molecule has 2 N–H and O–H groups in total. The van der Waals surface area contributed by atoms with Crippen LogP contribution in [0.5, 0.6) is 0 Å². The molecule has 2 aliphatic rings. The molecule has 3 heterocycles. The third kappa shape index (κ3) is 2.21. The van der Waals surface area contributed by atoms with Crippen LogP contribution in [0.4, 0.5) is 10.2 Å². The molecule has 0 saturated carbocycles. The number of anilines is 1. The number of fused-ring (bicyclic) bond motifs is 2. The standard InChI is InChI=1S/C14H21FN4/c1-18-11-2-3-12(18)9-19(7-5-11)14-13(15)10(8-16)4-6-17-14/h4,6,11-12H,2-3,5,7-9,16H2,1H3. The Balaban J connectivity index is 1.87. The van der Waals surface area contributed by atoms with E-state index < -0.39 is 0 Å². The quantitative estimate of drug-likeness (QED) is 0.876. The van der Waals surface area contributed by atoms with Crippen LogP contribution in [0.1, 0.15) is 24.8 Å². The van der Waals surface area contributed by atoms with Crippen LogP contribution < -0.4 is 10.6 Å². The molecule has 2 unspecified atom stereocenters.